The fourth-order valence-electron chi connectivity index (χ4n) is 4.94. The number of fused-ring (bicyclic) bond motifs is 2. The van der Waals surface area contributed by atoms with Crippen LogP contribution in [0.3, 0.4) is 0 Å². The highest BCUT2D eigenvalue weighted by Gasteiger charge is 2.38. The molecule has 2 amide bonds. The average molecular weight is 370 g/mol. The lowest BCUT2D eigenvalue weighted by Gasteiger charge is -2.46. The Balaban J connectivity index is 1.29. The molecule has 4 heterocycles. The summed E-state index contributed by atoms with van der Waals surface area (Å²) in [6.07, 6.45) is 9.47. The van der Waals surface area contributed by atoms with Crippen LogP contribution in [0.25, 0.3) is 0 Å². The van der Waals surface area contributed by atoms with Gasteiger partial charge in [0.05, 0.1) is 5.56 Å². The molecule has 146 valence electrons. The number of nitrogens with zero attached hydrogens (tertiary/aromatic N) is 3. The molecule has 0 saturated carbocycles. The van der Waals surface area contributed by atoms with Crippen LogP contribution in [0.15, 0.2) is 24.5 Å². The predicted octanol–water partition coefficient (Wildman–Crippen LogP) is 1.92. The highest BCUT2D eigenvalue weighted by atomic mass is 16.2. The molecule has 1 N–H and O–H groups in total. The van der Waals surface area contributed by atoms with Gasteiger partial charge in [0.2, 0.25) is 5.91 Å². The normalized spacial score (nSPS) is 27.6. The molecular formula is C21H30N4O2. The van der Waals surface area contributed by atoms with E-state index in [1.165, 1.54) is 6.42 Å². The van der Waals surface area contributed by atoms with Gasteiger partial charge in [-0.15, -0.1) is 0 Å². The van der Waals surface area contributed by atoms with E-state index >= 15 is 0 Å². The summed E-state index contributed by atoms with van der Waals surface area (Å²) in [5, 5.41) is 3.69. The van der Waals surface area contributed by atoms with Crippen molar-refractivity contribution in [3.63, 3.8) is 0 Å². The number of rotatable bonds is 5. The molecule has 3 fully saturated rings. The Labute approximate surface area is 161 Å². The van der Waals surface area contributed by atoms with E-state index in [4.69, 9.17) is 0 Å². The van der Waals surface area contributed by atoms with Crippen LogP contribution in [-0.4, -0.2) is 65.4 Å². The molecule has 3 aliphatic rings. The summed E-state index contributed by atoms with van der Waals surface area (Å²) in [5.41, 5.74) is 0.679. The second kappa shape index (κ2) is 8.38. The molecule has 0 aliphatic carbocycles. The lowest BCUT2D eigenvalue weighted by Crippen LogP contribution is -2.57. The van der Waals surface area contributed by atoms with Gasteiger partial charge in [-0.3, -0.25) is 14.6 Å². The van der Waals surface area contributed by atoms with E-state index in [-0.39, 0.29) is 5.91 Å². The zero-order valence-electron chi connectivity index (χ0n) is 16.0. The van der Waals surface area contributed by atoms with Crippen molar-refractivity contribution < 1.29 is 9.59 Å². The van der Waals surface area contributed by atoms with Crippen LogP contribution < -0.4 is 5.32 Å². The smallest absolute Gasteiger partial charge is 0.255 e. The van der Waals surface area contributed by atoms with Crippen LogP contribution in [-0.2, 0) is 4.79 Å². The number of amides is 2. The minimum atomic E-state index is 0.0997. The van der Waals surface area contributed by atoms with Crippen molar-refractivity contribution in [3.05, 3.63) is 30.1 Å². The first kappa shape index (κ1) is 18.4. The van der Waals surface area contributed by atoms with Gasteiger partial charge < -0.3 is 15.1 Å². The number of carbonyl (C=O) groups excluding carboxylic acids is 2. The highest BCUT2D eigenvalue weighted by Crippen LogP contribution is 2.31. The molecule has 1 aromatic rings. The Kier molecular flexibility index (Phi) is 5.72. The number of hydrogen-bond donors (Lipinski definition) is 1. The topological polar surface area (TPSA) is 65.5 Å². The van der Waals surface area contributed by atoms with Gasteiger partial charge in [-0.05, 0) is 62.6 Å². The number of hydrogen-bond acceptors (Lipinski definition) is 4. The summed E-state index contributed by atoms with van der Waals surface area (Å²) < 4.78 is 0. The maximum Gasteiger partial charge on any atom is 0.255 e. The van der Waals surface area contributed by atoms with Gasteiger partial charge >= 0.3 is 0 Å². The van der Waals surface area contributed by atoms with Crippen LogP contribution in [0.2, 0.25) is 0 Å². The quantitative estimate of drug-likeness (QED) is 0.860. The van der Waals surface area contributed by atoms with Gasteiger partial charge in [0.15, 0.2) is 0 Å². The monoisotopic (exact) mass is 370 g/mol. The van der Waals surface area contributed by atoms with Crippen molar-refractivity contribution >= 4 is 11.8 Å². The van der Waals surface area contributed by atoms with Crippen LogP contribution in [0.5, 0.6) is 0 Å². The summed E-state index contributed by atoms with van der Waals surface area (Å²) >= 11 is 0. The van der Waals surface area contributed by atoms with E-state index < -0.39 is 0 Å². The predicted molar refractivity (Wildman–Crippen MR) is 103 cm³/mol. The van der Waals surface area contributed by atoms with Crippen LogP contribution in [0.4, 0.5) is 0 Å². The number of piperidine rings is 2. The molecule has 4 rings (SSSR count). The third-order valence-electron chi connectivity index (χ3n) is 6.37. The van der Waals surface area contributed by atoms with Crippen molar-refractivity contribution in [2.24, 2.45) is 11.8 Å². The zero-order valence-corrected chi connectivity index (χ0v) is 16.0. The maximum absolute atomic E-state index is 12.8. The fourth-order valence-corrected chi connectivity index (χ4v) is 4.94. The summed E-state index contributed by atoms with van der Waals surface area (Å²) in [6.45, 7) is 4.49. The summed E-state index contributed by atoms with van der Waals surface area (Å²) in [6, 6.07) is 4.08. The molecular weight excluding hydrogens is 340 g/mol. The first-order valence-corrected chi connectivity index (χ1v) is 10.4. The van der Waals surface area contributed by atoms with Crippen molar-refractivity contribution in [2.75, 3.05) is 32.7 Å². The third kappa shape index (κ3) is 4.32. The Morgan fingerprint density at radius 3 is 2.81 bits per heavy atom. The van der Waals surface area contributed by atoms with Gasteiger partial charge in [-0.25, -0.2) is 0 Å². The van der Waals surface area contributed by atoms with Gasteiger partial charge in [-0.1, -0.05) is 0 Å². The molecule has 3 atom stereocenters. The first-order valence-electron chi connectivity index (χ1n) is 10.4. The largest absolute Gasteiger partial charge is 0.343 e. The zero-order chi connectivity index (χ0) is 18.6. The first-order chi connectivity index (χ1) is 13.2. The molecule has 0 unspecified atom stereocenters. The van der Waals surface area contributed by atoms with E-state index in [1.807, 2.05) is 21.9 Å². The molecule has 6 heteroatoms. The van der Waals surface area contributed by atoms with Gasteiger partial charge in [-0.2, -0.15) is 0 Å². The van der Waals surface area contributed by atoms with Crippen molar-refractivity contribution in [3.8, 4) is 0 Å². The Morgan fingerprint density at radius 2 is 2.04 bits per heavy atom. The van der Waals surface area contributed by atoms with Crippen molar-refractivity contribution in [2.45, 2.75) is 44.6 Å². The van der Waals surface area contributed by atoms with Crippen LogP contribution in [0, 0.1) is 11.8 Å². The standard InChI is InChI=1S/C21H30N4O2/c26-20(24-9-1-2-10-24)7-3-6-19-18-11-16(12-23-19)14-25(15-18)21(27)17-5-4-8-22-13-17/h4-5,8,13,16,18-19,23H,1-3,6-7,9-12,14-15H2/t16-,18+,19+/m0/s1. The Morgan fingerprint density at radius 1 is 1.19 bits per heavy atom. The number of pyridine rings is 1. The SMILES string of the molecule is O=C(CCC[C@H]1NC[C@@H]2C[C@@H]1CN(C(=O)c1cccnc1)C2)N1CCCC1. The number of nitrogens with one attached hydrogen (secondary N) is 1. The van der Waals surface area contributed by atoms with E-state index in [2.05, 4.69) is 10.3 Å². The van der Waals surface area contributed by atoms with Crippen molar-refractivity contribution in [1.82, 2.24) is 20.1 Å². The third-order valence-corrected chi connectivity index (χ3v) is 6.37. The molecule has 0 radical (unpaired) electrons. The van der Waals surface area contributed by atoms with E-state index in [9.17, 15) is 9.59 Å². The summed E-state index contributed by atoms with van der Waals surface area (Å²) in [5.74, 6) is 1.44. The second-order valence-electron chi connectivity index (χ2n) is 8.31. The van der Waals surface area contributed by atoms with Gasteiger partial charge in [0, 0.05) is 51.0 Å². The molecule has 2 bridgehead atoms. The van der Waals surface area contributed by atoms with E-state index in [1.54, 1.807) is 12.4 Å². The molecule has 1 aromatic heterocycles. The molecule has 3 saturated heterocycles. The summed E-state index contributed by atoms with van der Waals surface area (Å²) in [4.78, 5) is 33.2. The number of likely N-dealkylation sites (tertiary alicyclic amines) is 2. The van der Waals surface area contributed by atoms with Crippen LogP contribution in [0.1, 0.15) is 48.9 Å². The Hall–Kier alpha value is -1.95. The van der Waals surface area contributed by atoms with Gasteiger partial charge in [0.1, 0.15) is 0 Å². The van der Waals surface area contributed by atoms with Crippen LogP contribution >= 0.6 is 0 Å². The van der Waals surface area contributed by atoms with Gasteiger partial charge in [0.25, 0.3) is 5.91 Å². The Bertz CT molecular complexity index is 659. The maximum atomic E-state index is 12.8. The van der Waals surface area contributed by atoms with E-state index in [0.717, 1.165) is 58.4 Å². The highest BCUT2D eigenvalue weighted by molar-refractivity contribution is 5.94. The minimum absolute atomic E-state index is 0.0997. The molecule has 27 heavy (non-hydrogen) atoms. The number of aromatic nitrogens is 1. The average Bonchev–Trinajstić information content (AvgIpc) is 3.24. The lowest BCUT2D eigenvalue weighted by atomic mass is 9.79. The molecule has 0 aromatic carbocycles. The number of carbonyl (C=O) groups is 2. The molecule has 3 aliphatic heterocycles. The van der Waals surface area contributed by atoms with E-state index in [0.29, 0.717) is 35.8 Å². The molecule has 0 spiro atoms. The second-order valence-corrected chi connectivity index (χ2v) is 8.31. The molecule has 6 nitrogen and oxygen atoms in total. The minimum Gasteiger partial charge on any atom is -0.343 e. The lowest BCUT2D eigenvalue weighted by molar-refractivity contribution is -0.130. The fraction of sp³-hybridized carbons (Fsp3) is 0.667. The van der Waals surface area contributed by atoms with Crippen molar-refractivity contribution in [1.29, 1.82) is 0 Å². The summed E-state index contributed by atoms with van der Waals surface area (Å²) in [7, 11) is 0.